The van der Waals surface area contributed by atoms with E-state index in [2.05, 4.69) is 13.8 Å². The van der Waals surface area contributed by atoms with Gasteiger partial charge in [0.25, 0.3) is 0 Å². The third kappa shape index (κ3) is 7.49. The summed E-state index contributed by atoms with van der Waals surface area (Å²) in [7, 11) is -5.47. The molecular weight excluding hydrogens is 357 g/mol. The molecule has 130 valence electrons. The van der Waals surface area contributed by atoms with Crippen LogP contribution in [-0.4, -0.2) is 31.3 Å². The Kier molecular flexibility index (Phi) is 6.20. The maximum atomic E-state index is 12.1. The third-order valence-electron chi connectivity index (χ3n) is 1.97. The van der Waals surface area contributed by atoms with Gasteiger partial charge in [0.15, 0.2) is 13.2 Å². The Morgan fingerprint density at radius 3 is 1.74 bits per heavy atom. The highest BCUT2D eigenvalue weighted by Crippen LogP contribution is 2.52. The van der Waals surface area contributed by atoms with Gasteiger partial charge in [-0.05, 0) is 12.1 Å². The first-order valence-electron chi connectivity index (χ1n) is 5.71. The molecule has 0 heterocycles. The van der Waals surface area contributed by atoms with Gasteiger partial charge < -0.3 is 4.74 Å². The van der Waals surface area contributed by atoms with Crippen LogP contribution in [0, 0.1) is 0 Å². The van der Waals surface area contributed by atoms with Crippen molar-refractivity contribution in [1.29, 1.82) is 0 Å². The van der Waals surface area contributed by atoms with Crippen LogP contribution >= 0.6 is 7.60 Å². The minimum absolute atomic E-state index is 0.260. The first-order valence-corrected chi connectivity index (χ1v) is 7.26. The normalized spacial score (nSPS) is 13.0. The molecule has 5 nitrogen and oxygen atoms in total. The summed E-state index contributed by atoms with van der Waals surface area (Å²) in [5.41, 5.74) is -1.99. The summed E-state index contributed by atoms with van der Waals surface area (Å²) in [4.78, 5) is 11.6. The second kappa shape index (κ2) is 7.33. The number of hydrogen-bond donors (Lipinski definition) is 0. The molecule has 0 spiro atoms. The van der Waals surface area contributed by atoms with Crippen LogP contribution in [-0.2, 0) is 13.6 Å². The molecule has 0 saturated heterocycles. The minimum atomic E-state index is -5.47. The molecule has 1 rings (SSSR count). The van der Waals surface area contributed by atoms with E-state index in [0.29, 0.717) is 0 Å². The quantitative estimate of drug-likeness (QED) is 0.547. The van der Waals surface area contributed by atoms with Crippen molar-refractivity contribution in [2.45, 2.75) is 12.4 Å². The molecule has 0 bridgehead atoms. The number of hydrogen-bond acceptors (Lipinski definition) is 5. The van der Waals surface area contributed by atoms with E-state index in [9.17, 15) is 35.7 Å². The number of halogens is 6. The molecule has 23 heavy (non-hydrogen) atoms. The lowest BCUT2D eigenvalue weighted by molar-refractivity contribution is -0.164. The van der Waals surface area contributed by atoms with E-state index in [1.807, 2.05) is 0 Å². The number of carbonyl (C=O) groups is 1. The van der Waals surface area contributed by atoms with Crippen LogP contribution in [0.5, 0.6) is 5.75 Å². The first kappa shape index (κ1) is 19.5. The number of benzene rings is 1. The van der Waals surface area contributed by atoms with E-state index in [4.69, 9.17) is 0 Å². The van der Waals surface area contributed by atoms with Gasteiger partial charge in [-0.15, -0.1) is 0 Å². The van der Waals surface area contributed by atoms with Gasteiger partial charge in [-0.25, -0.2) is 9.36 Å². The summed E-state index contributed by atoms with van der Waals surface area (Å²) < 4.78 is 96.3. The number of rotatable bonds is 6. The summed E-state index contributed by atoms with van der Waals surface area (Å²) in [6.07, 6.45) is -10.1. The van der Waals surface area contributed by atoms with Gasteiger partial charge in [0.2, 0.25) is 0 Å². The van der Waals surface area contributed by atoms with Crippen LogP contribution in [0.3, 0.4) is 0 Å². The van der Waals surface area contributed by atoms with Crippen LogP contribution in [0.4, 0.5) is 31.1 Å². The molecular formula is C11H9F6O5P. The van der Waals surface area contributed by atoms with Crippen molar-refractivity contribution in [2.75, 3.05) is 13.2 Å². The smallest absolute Gasteiger partial charge is 0.417 e. The van der Waals surface area contributed by atoms with Gasteiger partial charge in [-0.1, -0.05) is 18.2 Å². The van der Waals surface area contributed by atoms with Crippen LogP contribution in [0.25, 0.3) is 0 Å². The molecule has 12 heteroatoms. The van der Waals surface area contributed by atoms with Crippen LogP contribution in [0.2, 0.25) is 0 Å². The molecule has 0 N–H and O–H groups in total. The molecule has 0 amide bonds. The highest BCUT2D eigenvalue weighted by atomic mass is 31.2. The van der Waals surface area contributed by atoms with Gasteiger partial charge in [0.05, 0.1) is 0 Å². The molecule has 0 unspecified atom stereocenters. The average molecular weight is 366 g/mol. The Morgan fingerprint density at radius 1 is 0.913 bits per heavy atom. The predicted molar refractivity (Wildman–Crippen MR) is 64.1 cm³/mol. The zero-order valence-electron chi connectivity index (χ0n) is 11.1. The number of ether oxygens (including phenoxy) is 1. The van der Waals surface area contributed by atoms with Crippen molar-refractivity contribution < 1.29 is 49.5 Å². The van der Waals surface area contributed by atoms with Gasteiger partial charge >= 0.3 is 25.7 Å². The van der Waals surface area contributed by atoms with Crippen molar-refractivity contribution in [3.8, 4) is 5.75 Å². The fraction of sp³-hybridized carbons (Fsp3) is 0.364. The van der Waals surface area contributed by atoms with Gasteiger partial charge in [0, 0.05) is 0 Å². The summed E-state index contributed by atoms with van der Waals surface area (Å²) in [5.74, 6) is -0.260. The second-order valence-electron chi connectivity index (χ2n) is 3.96. The van der Waals surface area contributed by atoms with Crippen molar-refractivity contribution in [3.63, 3.8) is 0 Å². The largest absolute Gasteiger partial charge is 0.439 e. The summed E-state index contributed by atoms with van der Waals surface area (Å²) in [6.45, 7) is -4.49. The Balaban J connectivity index is 2.88. The van der Waals surface area contributed by atoms with Gasteiger partial charge in [-0.2, -0.15) is 26.3 Å². The van der Waals surface area contributed by atoms with Crippen LogP contribution in [0.1, 0.15) is 0 Å². The second-order valence-corrected chi connectivity index (χ2v) is 5.83. The highest BCUT2D eigenvalue weighted by molar-refractivity contribution is 7.71. The zero-order valence-corrected chi connectivity index (χ0v) is 12.0. The third-order valence-corrected chi connectivity index (χ3v) is 3.44. The van der Waals surface area contributed by atoms with E-state index < -0.39 is 38.9 Å². The van der Waals surface area contributed by atoms with Crippen molar-refractivity contribution in [3.05, 3.63) is 30.3 Å². The maximum Gasteiger partial charge on any atom is 0.439 e. The molecule has 1 aromatic carbocycles. The fourth-order valence-corrected chi connectivity index (χ4v) is 2.24. The number of carbonyl (C=O) groups excluding carboxylic acids is 1. The van der Waals surface area contributed by atoms with E-state index in [1.165, 1.54) is 18.2 Å². The summed E-state index contributed by atoms with van der Waals surface area (Å²) >= 11 is 0. The molecule has 0 fully saturated rings. The fourth-order valence-electron chi connectivity index (χ4n) is 1.10. The van der Waals surface area contributed by atoms with Gasteiger partial charge in [-0.3, -0.25) is 9.05 Å². The lowest BCUT2D eigenvalue weighted by atomic mass is 10.3. The molecule has 0 aliphatic carbocycles. The lowest BCUT2D eigenvalue weighted by Crippen LogP contribution is -2.23. The Morgan fingerprint density at radius 2 is 1.35 bits per heavy atom. The topological polar surface area (TPSA) is 61.8 Å². The molecule has 1 aromatic rings. The molecule has 0 radical (unpaired) electrons. The Labute approximate surface area is 125 Å². The average Bonchev–Trinajstić information content (AvgIpc) is 2.42. The molecule has 0 saturated carbocycles. The first-order chi connectivity index (χ1) is 10.4. The molecule has 0 aliphatic heterocycles. The van der Waals surface area contributed by atoms with Crippen molar-refractivity contribution >= 4 is 13.3 Å². The van der Waals surface area contributed by atoms with E-state index >= 15 is 0 Å². The molecule has 0 aromatic heterocycles. The molecule has 0 atom stereocenters. The number of para-hydroxylation sites is 1. The minimum Gasteiger partial charge on any atom is -0.417 e. The SMILES string of the molecule is O=C(Oc1ccccc1)P(=O)(OCC(F)(F)F)OCC(F)(F)F. The summed E-state index contributed by atoms with van der Waals surface area (Å²) in [6, 6.07) is 6.55. The van der Waals surface area contributed by atoms with Crippen molar-refractivity contribution in [1.82, 2.24) is 0 Å². The Hall–Kier alpha value is -1.58. The Bertz CT molecular complexity index is 549. The maximum absolute atomic E-state index is 12.1. The standard InChI is InChI=1S/C11H9F6O5P/c12-10(13,14)6-20-23(19,21-7-11(15,16)17)9(18)22-8-4-2-1-3-5-8/h1-5H,6-7H2. The van der Waals surface area contributed by atoms with Crippen molar-refractivity contribution in [2.24, 2.45) is 0 Å². The summed E-state index contributed by atoms with van der Waals surface area (Å²) in [5, 5.41) is 0. The van der Waals surface area contributed by atoms with Crippen LogP contribution in [0.15, 0.2) is 30.3 Å². The highest BCUT2D eigenvalue weighted by Gasteiger charge is 2.45. The van der Waals surface area contributed by atoms with Crippen LogP contribution < -0.4 is 4.74 Å². The number of alkyl halides is 6. The lowest BCUT2D eigenvalue weighted by Gasteiger charge is -2.18. The molecule has 0 aliphatic rings. The van der Waals surface area contributed by atoms with E-state index in [0.717, 1.165) is 12.1 Å². The zero-order chi connectivity index (χ0) is 17.7. The van der Waals surface area contributed by atoms with Gasteiger partial charge in [0.1, 0.15) is 5.75 Å². The van der Waals surface area contributed by atoms with E-state index in [-0.39, 0.29) is 5.75 Å². The van der Waals surface area contributed by atoms with E-state index in [1.54, 1.807) is 0 Å². The monoisotopic (exact) mass is 366 g/mol. The predicted octanol–water partition coefficient (Wildman–Crippen LogP) is 4.54.